The van der Waals surface area contributed by atoms with Gasteiger partial charge in [-0.05, 0) is 82.9 Å². The van der Waals surface area contributed by atoms with Crippen molar-refractivity contribution in [2.75, 3.05) is 5.32 Å². The first-order valence-corrected chi connectivity index (χ1v) is 13.3. The molecule has 3 N–H and O–H groups in total. The van der Waals surface area contributed by atoms with E-state index in [1.165, 1.54) is 12.6 Å². The third kappa shape index (κ3) is 7.84. The molecule has 0 saturated heterocycles. The van der Waals surface area contributed by atoms with Gasteiger partial charge >= 0.3 is 17.8 Å². The van der Waals surface area contributed by atoms with E-state index < -0.39 is 17.8 Å². The Morgan fingerprint density at radius 1 is 0.821 bits per heavy atom. The van der Waals surface area contributed by atoms with Crippen LogP contribution < -0.4 is 20.8 Å². The first-order valence-electron chi connectivity index (χ1n) is 12.5. The van der Waals surface area contributed by atoms with Gasteiger partial charge in [0.2, 0.25) is 0 Å². The Morgan fingerprint density at radius 2 is 1.49 bits per heavy atom. The van der Waals surface area contributed by atoms with Gasteiger partial charge in [0.25, 0.3) is 5.91 Å². The van der Waals surface area contributed by atoms with Crippen LogP contribution in [0.1, 0.15) is 58.4 Å². The fourth-order valence-electron chi connectivity index (χ4n) is 4.11. The lowest BCUT2D eigenvalue weighted by atomic mass is 9.95. The van der Waals surface area contributed by atoms with Crippen LogP contribution in [0.15, 0.2) is 82.4 Å². The zero-order valence-electron chi connectivity index (χ0n) is 21.0. The van der Waals surface area contributed by atoms with Crippen molar-refractivity contribution in [3.05, 3.63) is 94.0 Å². The van der Waals surface area contributed by atoms with Crippen molar-refractivity contribution in [2.24, 2.45) is 5.10 Å². The summed E-state index contributed by atoms with van der Waals surface area (Å²) in [6.07, 6.45) is 6.53. The largest absolute Gasteiger partial charge is 0.423 e. The van der Waals surface area contributed by atoms with E-state index in [-0.39, 0.29) is 23.2 Å². The molecular weight excluding hydrogens is 564 g/mol. The molecule has 0 radical (unpaired) electrons. The normalized spacial score (nSPS) is 13.5. The Kier molecular flexibility index (Phi) is 9.58. The molecule has 0 unspecified atom stereocenters. The first-order chi connectivity index (χ1) is 18.9. The summed E-state index contributed by atoms with van der Waals surface area (Å²) in [5.41, 5.74) is 3.69. The molecule has 0 atom stereocenters. The summed E-state index contributed by atoms with van der Waals surface area (Å²) in [6.45, 7) is 0. The molecule has 0 aromatic heterocycles. The Morgan fingerprint density at radius 3 is 2.21 bits per heavy atom. The Labute approximate surface area is 234 Å². The van der Waals surface area contributed by atoms with E-state index in [1.54, 1.807) is 72.8 Å². The third-order valence-corrected chi connectivity index (χ3v) is 6.82. The number of nitrogens with one attached hydrogen (secondary N) is 3. The fraction of sp³-hybridized carbons (Fsp3) is 0.207. The molecule has 3 aromatic rings. The van der Waals surface area contributed by atoms with Crippen molar-refractivity contribution in [1.82, 2.24) is 10.7 Å². The number of hydrogen-bond donors (Lipinski definition) is 3. The van der Waals surface area contributed by atoms with Crippen molar-refractivity contribution in [3.8, 4) is 5.75 Å². The number of benzene rings is 3. The summed E-state index contributed by atoms with van der Waals surface area (Å²) in [4.78, 5) is 49.8. The van der Waals surface area contributed by atoms with Crippen LogP contribution in [-0.4, -0.2) is 35.9 Å². The zero-order chi connectivity index (χ0) is 27.6. The lowest BCUT2D eigenvalue weighted by molar-refractivity contribution is -0.136. The molecule has 4 rings (SSSR count). The first kappa shape index (κ1) is 27.7. The highest BCUT2D eigenvalue weighted by Gasteiger charge is 2.21. The van der Waals surface area contributed by atoms with E-state index in [4.69, 9.17) is 4.74 Å². The SMILES string of the molecule is O=C(N/N=C/c1ccc(OC(=O)c2ccccc2Br)cc1)C(=O)Nc1ccccc1C(=O)NC1CCCCC1. The lowest BCUT2D eigenvalue weighted by Gasteiger charge is -2.23. The number of esters is 1. The summed E-state index contributed by atoms with van der Waals surface area (Å²) in [5, 5.41) is 9.30. The number of hydrogen-bond acceptors (Lipinski definition) is 6. The van der Waals surface area contributed by atoms with Crippen LogP contribution in [0.4, 0.5) is 5.69 Å². The number of hydrazone groups is 1. The number of ether oxygens (including phenoxy) is 1. The number of halogens is 1. The average Bonchev–Trinajstić information content (AvgIpc) is 2.95. The maximum Gasteiger partial charge on any atom is 0.344 e. The molecule has 1 fully saturated rings. The summed E-state index contributed by atoms with van der Waals surface area (Å²) in [6, 6.07) is 20.0. The zero-order valence-corrected chi connectivity index (χ0v) is 22.6. The van der Waals surface area contributed by atoms with Gasteiger partial charge in [-0.1, -0.05) is 43.5 Å². The molecule has 39 heavy (non-hydrogen) atoms. The van der Waals surface area contributed by atoms with Crippen LogP contribution in [-0.2, 0) is 9.59 Å². The predicted octanol–water partition coefficient (Wildman–Crippen LogP) is 4.82. The van der Waals surface area contributed by atoms with Crippen molar-refractivity contribution >= 4 is 51.5 Å². The number of anilines is 1. The maximum atomic E-state index is 12.8. The van der Waals surface area contributed by atoms with Gasteiger partial charge in [-0.2, -0.15) is 5.10 Å². The molecule has 9 nitrogen and oxygen atoms in total. The number of nitrogens with zero attached hydrogens (tertiary/aromatic N) is 1. The Balaban J connectivity index is 1.29. The molecule has 0 heterocycles. The van der Waals surface area contributed by atoms with Crippen LogP contribution in [0.2, 0.25) is 0 Å². The predicted molar refractivity (Wildman–Crippen MR) is 151 cm³/mol. The highest BCUT2D eigenvalue weighted by atomic mass is 79.9. The van der Waals surface area contributed by atoms with Gasteiger partial charge in [0.05, 0.1) is 23.0 Å². The quantitative estimate of drug-likeness (QED) is 0.120. The van der Waals surface area contributed by atoms with Crippen molar-refractivity contribution in [2.45, 2.75) is 38.1 Å². The van der Waals surface area contributed by atoms with Crippen molar-refractivity contribution in [1.29, 1.82) is 0 Å². The minimum Gasteiger partial charge on any atom is -0.423 e. The van der Waals surface area contributed by atoms with Crippen molar-refractivity contribution in [3.63, 3.8) is 0 Å². The molecule has 0 bridgehead atoms. The van der Waals surface area contributed by atoms with E-state index in [0.29, 0.717) is 21.3 Å². The minimum atomic E-state index is -0.993. The summed E-state index contributed by atoms with van der Waals surface area (Å²) >= 11 is 3.32. The highest BCUT2D eigenvalue weighted by Crippen LogP contribution is 2.21. The maximum absolute atomic E-state index is 12.8. The van der Waals surface area contributed by atoms with Crippen LogP contribution >= 0.6 is 15.9 Å². The second-order valence-electron chi connectivity index (χ2n) is 8.95. The summed E-state index contributed by atoms with van der Waals surface area (Å²) in [7, 11) is 0. The van der Waals surface area contributed by atoms with Gasteiger partial charge in [0.1, 0.15) is 5.75 Å². The van der Waals surface area contributed by atoms with Crippen molar-refractivity contribution < 1.29 is 23.9 Å². The molecule has 0 aliphatic heterocycles. The highest BCUT2D eigenvalue weighted by molar-refractivity contribution is 9.10. The molecule has 3 amide bonds. The number of rotatable bonds is 7. The van der Waals surface area contributed by atoms with Gasteiger partial charge in [0.15, 0.2) is 0 Å². The van der Waals surface area contributed by atoms with Gasteiger partial charge in [-0.25, -0.2) is 10.2 Å². The standard InChI is InChI=1S/C29H27BrN4O5/c30-24-12-6-4-10-22(24)29(38)39-21-16-14-19(15-17-21)18-31-34-28(37)27(36)33-25-13-7-5-11-23(25)26(35)32-20-8-2-1-3-9-20/h4-7,10-18,20H,1-3,8-9H2,(H,32,35)(H,33,36)(H,34,37)/b31-18+. The minimum absolute atomic E-state index is 0.111. The summed E-state index contributed by atoms with van der Waals surface area (Å²) in [5.74, 6) is -2.41. The molecule has 1 aliphatic rings. The fourth-order valence-corrected chi connectivity index (χ4v) is 4.55. The average molecular weight is 591 g/mol. The van der Waals surface area contributed by atoms with Gasteiger partial charge in [0, 0.05) is 10.5 Å². The van der Waals surface area contributed by atoms with E-state index in [0.717, 1.165) is 25.7 Å². The van der Waals surface area contributed by atoms with Crippen LogP contribution in [0, 0.1) is 0 Å². The van der Waals surface area contributed by atoms with Crippen LogP contribution in [0.5, 0.6) is 5.75 Å². The molecule has 1 saturated carbocycles. The number of amides is 3. The second kappa shape index (κ2) is 13.5. The third-order valence-electron chi connectivity index (χ3n) is 6.13. The number of carbonyl (C=O) groups is 4. The van der Waals surface area contributed by atoms with Gasteiger partial charge in [-0.15, -0.1) is 0 Å². The topological polar surface area (TPSA) is 126 Å². The van der Waals surface area contributed by atoms with E-state index in [1.807, 2.05) is 0 Å². The van der Waals surface area contributed by atoms with E-state index >= 15 is 0 Å². The Bertz CT molecular complexity index is 1380. The number of carbonyl (C=O) groups excluding carboxylic acids is 4. The molecular formula is C29H27BrN4O5. The van der Waals surface area contributed by atoms with E-state index in [2.05, 4.69) is 37.1 Å². The van der Waals surface area contributed by atoms with Crippen LogP contribution in [0.25, 0.3) is 0 Å². The molecule has 0 spiro atoms. The molecule has 200 valence electrons. The molecule has 1 aliphatic carbocycles. The molecule has 10 heteroatoms. The van der Waals surface area contributed by atoms with Crippen LogP contribution in [0.3, 0.4) is 0 Å². The lowest BCUT2D eigenvalue weighted by Crippen LogP contribution is -2.37. The van der Waals surface area contributed by atoms with E-state index in [9.17, 15) is 19.2 Å². The number of para-hydroxylation sites is 1. The van der Waals surface area contributed by atoms with Gasteiger partial charge in [-0.3, -0.25) is 14.4 Å². The summed E-state index contributed by atoms with van der Waals surface area (Å²) < 4.78 is 6.00. The molecule has 3 aromatic carbocycles. The van der Waals surface area contributed by atoms with Gasteiger partial charge < -0.3 is 15.4 Å². The Hall–Kier alpha value is -4.31. The monoisotopic (exact) mass is 590 g/mol. The smallest absolute Gasteiger partial charge is 0.344 e. The second-order valence-corrected chi connectivity index (χ2v) is 9.80.